The first-order chi connectivity index (χ1) is 7.20. The Labute approximate surface area is 95.8 Å². The zero-order valence-corrected chi connectivity index (χ0v) is 10.9. The number of hydrogen-bond acceptors (Lipinski definition) is 0. The Bertz CT molecular complexity index is 208. The van der Waals surface area contributed by atoms with Crippen LogP contribution in [-0.2, 0) is 0 Å². The van der Waals surface area contributed by atoms with Gasteiger partial charge in [0.15, 0.2) is 0 Å². The van der Waals surface area contributed by atoms with Crippen molar-refractivity contribution in [2.45, 2.75) is 72.1 Å². The second-order valence-electron chi connectivity index (χ2n) is 6.28. The third kappa shape index (κ3) is 2.10. The SMILES string of the molecule is CCC12CCCCCCC(C)CC1C2C. The van der Waals surface area contributed by atoms with E-state index in [-0.39, 0.29) is 0 Å². The van der Waals surface area contributed by atoms with Crippen LogP contribution < -0.4 is 0 Å². The molecule has 0 aliphatic heterocycles. The predicted molar refractivity (Wildman–Crippen MR) is 66.9 cm³/mol. The average molecular weight is 208 g/mol. The summed E-state index contributed by atoms with van der Waals surface area (Å²) in [6.07, 6.45) is 12.0. The first kappa shape index (κ1) is 11.5. The van der Waals surface area contributed by atoms with E-state index in [1.165, 1.54) is 51.4 Å². The topological polar surface area (TPSA) is 0 Å². The van der Waals surface area contributed by atoms with Gasteiger partial charge in [-0.25, -0.2) is 0 Å². The molecule has 15 heavy (non-hydrogen) atoms. The second-order valence-corrected chi connectivity index (χ2v) is 6.28. The Morgan fingerprint density at radius 1 is 1.07 bits per heavy atom. The lowest BCUT2D eigenvalue weighted by Gasteiger charge is -2.19. The summed E-state index contributed by atoms with van der Waals surface area (Å²) >= 11 is 0. The monoisotopic (exact) mass is 208 g/mol. The lowest BCUT2D eigenvalue weighted by atomic mass is 9.86. The van der Waals surface area contributed by atoms with Crippen LogP contribution in [0.3, 0.4) is 0 Å². The molecule has 2 rings (SSSR count). The molecule has 4 unspecified atom stereocenters. The highest BCUT2D eigenvalue weighted by Crippen LogP contribution is 2.66. The van der Waals surface area contributed by atoms with E-state index in [0.29, 0.717) is 0 Å². The van der Waals surface area contributed by atoms with E-state index in [1.54, 1.807) is 0 Å². The van der Waals surface area contributed by atoms with Gasteiger partial charge in [0.05, 0.1) is 0 Å². The standard InChI is InChI=1S/C15H28/c1-4-15-10-8-6-5-7-9-12(2)11-14(15)13(15)3/h12-14H,4-11H2,1-3H3. The van der Waals surface area contributed by atoms with Crippen LogP contribution in [0.25, 0.3) is 0 Å². The molecule has 0 nitrogen and oxygen atoms in total. The van der Waals surface area contributed by atoms with Crippen LogP contribution in [0, 0.1) is 23.2 Å². The summed E-state index contributed by atoms with van der Waals surface area (Å²) in [6.45, 7) is 7.42. The molecule has 88 valence electrons. The van der Waals surface area contributed by atoms with Crippen LogP contribution in [0.5, 0.6) is 0 Å². The van der Waals surface area contributed by atoms with Gasteiger partial charge in [-0.05, 0) is 42.4 Å². The van der Waals surface area contributed by atoms with Gasteiger partial charge in [-0.3, -0.25) is 0 Å². The first-order valence-corrected chi connectivity index (χ1v) is 7.20. The summed E-state index contributed by atoms with van der Waals surface area (Å²) in [5.74, 6) is 3.10. The Kier molecular flexibility index (Phi) is 3.42. The number of rotatable bonds is 1. The molecule has 0 aromatic carbocycles. The van der Waals surface area contributed by atoms with E-state index in [2.05, 4.69) is 20.8 Å². The highest BCUT2D eigenvalue weighted by Gasteiger charge is 2.58. The minimum atomic E-state index is 0.783. The lowest BCUT2D eigenvalue weighted by molar-refractivity contribution is 0.319. The fraction of sp³-hybridized carbons (Fsp3) is 1.00. The smallest absolute Gasteiger partial charge is 0.0240 e. The van der Waals surface area contributed by atoms with Gasteiger partial charge in [-0.2, -0.15) is 0 Å². The van der Waals surface area contributed by atoms with Gasteiger partial charge in [-0.15, -0.1) is 0 Å². The Morgan fingerprint density at radius 3 is 2.53 bits per heavy atom. The van der Waals surface area contributed by atoms with Crippen LogP contribution in [0.4, 0.5) is 0 Å². The van der Waals surface area contributed by atoms with Crippen molar-refractivity contribution in [3.05, 3.63) is 0 Å². The maximum Gasteiger partial charge on any atom is -0.0240 e. The summed E-state index contributed by atoms with van der Waals surface area (Å²) in [5.41, 5.74) is 0.783. The molecule has 4 atom stereocenters. The first-order valence-electron chi connectivity index (χ1n) is 7.20. The average Bonchev–Trinajstić information content (AvgIpc) is 2.79. The third-order valence-electron chi connectivity index (χ3n) is 5.54. The molecule has 2 aliphatic carbocycles. The van der Waals surface area contributed by atoms with Crippen molar-refractivity contribution in [3.8, 4) is 0 Å². The van der Waals surface area contributed by atoms with Gasteiger partial charge >= 0.3 is 0 Å². The van der Waals surface area contributed by atoms with Crippen molar-refractivity contribution >= 4 is 0 Å². The van der Waals surface area contributed by atoms with Crippen molar-refractivity contribution in [2.24, 2.45) is 23.2 Å². The number of hydrogen-bond donors (Lipinski definition) is 0. The van der Waals surface area contributed by atoms with Gasteiger partial charge in [0, 0.05) is 0 Å². The highest BCUT2D eigenvalue weighted by molar-refractivity contribution is 5.07. The van der Waals surface area contributed by atoms with Gasteiger partial charge in [0.2, 0.25) is 0 Å². The van der Waals surface area contributed by atoms with Crippen molar-refractivity contribution in [3.63, 3.8) is 0 Å². The Morgan fingerprint density at radius 2 is 1.80 bits per heavy atom. The largest absolute Gasteiger partial charge is 0.0648 e. The molecular formula is C15H28. The Hall–Kier alpha value is 0. The van der Waals surface area contributed by atoms with Crippen molar-refractivity contribution in [1.29, 1.82) is 0 Å². The van der Waals surface area contributed by atoms with E-state index in [1.807, 2.05) is 0 Å². The molecule has 0 heteroatoms. The van der Waals surface area contributed by atoms with Crippen LogP contribution in [0.1, 0.15) is 72.1 Å². The van der Waals surface area contributed by atoms with Crippen molar-refractivity contribution in [2.75, 3.05) is 0 Å². The maximum atomic E-state index is 2.51. The van der Waals surface area contributed by atoms with Crippen LogP contribution >= 0.6 is 0 Å². The molecule has 0 radical (unpaired) electrons. The summed E-state index contributed by atoms with van der Waals surface area (Å²) in [5, 5.41) is 0. The van der Waals surface area contributed by atoms with E-state index >= 15 is 0 Å². The van der Waals surface area contributed by atoms with Gasteiger partial charge in [-0.1, -0.05) is 52.9 Å². The van der Waals surface area contributed by atoms with Crippen LogP contribution in [-0.4, -0.2) is 0 Å². The van der Waals surface area contributed by atoms with E-state index in [0.717, 1.165) is 23.2 Å². The molecule has 0 aromatic rings. The van der Waals surface area contributed by atoms with E-state index in [4.69, 9.17) is 0 Å². The third-order valence-corrected chi connectivity index (χ3v) is 5.54. The summed E-state index contributed by atoms with van der Waals surface area (Å²) < 4.78 is 0. The summed E-state index contributed by atoms with van der Waals surface area (Å²) in [7, 11) is 0. The molecule has 2 fully saturated rings. The highest BCUT2D eigenvalue weighted by atomic mass is 14.6. The zero-order valence-electron chi connectivity index (χ0n) is 10.9. The van der Waals surface area contributed by atoms with Crippen LogP contribution in [0.2, 0.25) is 0 Å². The maximum absolute atomic E-state index is 2.51. The fourth-order valence-electron chi connectivity index (χ4n) is 4.27. The second kappa shape index (κ2) is 4.47. The minimum Gasteiger partial charge on any atom is -0.0648 e. The lowest BCUT2D eigenvalue weighted by Crippen LogP contribution is -2.08. The van der Waals surface area contributed by atoms with Crippen molar-refractivity contribution in [1.82, 2.24) is 0 Å². The van der Waals surface area contributed by atoms with E-state index < -0.39 is 0 Å². The number of fused-ring (bicyclic) bond motifs is 1. The van der Waals surface area contributed by atoms with Crippen LogP contribution in [0.15, 0.2) is 0 Å². The minimum absolute atomic E-state index is 0.783. The molecule has 0 aromatic heterocycles. The fourth-order valence-corrected chi connectivity index (χ4v) is 4.27. The van der Waals surface area contributed by atoms with Gasteiger partial charge < -0.3 is 0 Å². The zero-order chi connectivity index (χ0) is 10.9. The summed E-state index contributed by atoms with van der Waals surface area (Å²) in [4.78, 5) is 0. The molecule has 2 saturated carbocycles. The molecule has 0 heterocycles. The van der Waals surface area contributed by atoms with Gasteiger partial charge in [0.1, 0.15) is 0 Å². The van der Waals surface area contributed by atoms with Gasteiger partial charge in [0.25, 0.3) is 0 Å². The Balaban J connectivity index is 1.99. The quantitative estimate of drug-likeness (QED) is 0.567. The molecule has 0 saturated heterocycles. The normalized spacial score (nSPS) is 47.0. The van der Waals surface area contributed by atoms with E-state index in [9.17, 15) is 0 Å². The molecule has 2 aliphatic rings. The molecule has 0 N–H and O–H groups in total. The molecule has 0 spiro atoms. The molecular weight excluding hydrogens is 180 g/mol. The van der Waals surface area contributed by atoms with Crippen molar-refractivity contribution < 1.29 is 0 Å². The summed E-state index contributed by atoms with van der Waals surface area (Å²) in [6, 6.07) is 0. The molecule has 0 amide bonds. The molecule has 0 bridgehead atoms. The predicted octanol–water partition coefficient (Wildman–Crippen LogP) is 5.03.